The molecular weight excluding hydrogens is 674 g/mol. The first kappa shape index (κ1) is 38.6. The van der Waals surface area contributed by atoms with Gasteiger partial charge in [-0.2, -0.15) is 26.3 Å². The van der Waals surface area contributed by atoms with Crippen LogP contribution in [0.1, 0.15) is 74.1 Å². The molecule has 0 atom stereocenters. The van der Waals surface area contributed by atoms with Gasteiger partial charge in [-0.15, -0.1) is 5.10 Å². The molecule has 50 heavy (non-hydrogen) atoms. The molecule has 4 rings (SSSR count). The zero-order valence-electron chi connectivity index (χ0n) is 27.8. The van der Waals surface area contributed by atoms with Crippen molar-refractivity contribution in [1.82, 2.24) is 15.0 Å². The van der Waals surface area contributed by atoms with Crippen molar-refractivity contribution in [1.29, 1.82) is 0 Å². The van der Waals surface area contributed by atoms with Crippen LogP contribution in [-0.2, 0) is 30.2 Å². The Balaban J connectivity index is 1.82. The van der Waals surface area contributed by atoms with Crippen LogP contribution in [0, 0.1) is 23.5 Å². The number of carbonyl (C=O) groups excluding carboxylic acids is 1. The van der Waals surface area contributed by atoms with Gasteiger partial charge in [0.2, 0.25) is 5.96 Å². The predicted octanol–water partition coefficient (Wildman–Crippen LogP) is 7.59. The minimum Gasteiger partial charge on any atom is -0.368 e. The van der Waals surface area contributed by atoms with E-state index in [0.29, 0.717) is 48.9 Å². The van der Waals surface area contributed by atoms with Crippen LogP contribution in [-0.4, -0.2) is 47.4 Å². The summed E-state index contributed by atoms with van der Waals surface area (Å²) in [5, 5.41) is 5.01. The molecule has 274 valence electrons. The number of alkyl halides is 6. The van der Waals surface area contributed by atoms with Crippen molar-refractivity contribution in [3.8, 4) is 0 Å². The van der Waals surface area contributed by atoms with Gasteiger partial charge in [0.25, 0.3) is 0 Å². The van der Waals surface area contributed by atoms with E-state index >= 15 is 0 Å². The van der Waals surface area contributed by atoms with Crippen LogP contribution in [0.4, 0.5) is 40.9 Å². The fourth-order valence-corrected chi connectivity index (χ4v) is 6.30. The van der Waals surface area contributed by atoms with Gasteiger partial charge in [0.05, 0.1) is 16.6 Å². The third-order valence-electron chi connectivity index (χ3n) is 8.83. The SMILES string of the molecule is CCCCN(CC1CCC(CC=O)CC1)c1nc2cc(F)c(F)cc2cc1CN(Cc1cc(C(F)(F)F)cc(C(F)(F)F)c1)/C(N)=N/N(C)N. The van der Waals surface area contributed by atoms with Crippen LogP contribution in [0.2, 0.25) is 0 Å². The van der Waals surface area contributed by atoms with Gasteiger partial charge >= 0.3 is 12.4 Å². The molecule has 1 saturated carbocycles. The molecule has 0 saturated heterocycles. The average molecular weight is 716 g/mol. The summed E-state index contributed by atoms with van der Waals surface area (Å²) in [4.78, 5) is 19.1. The van der Waals surface area contributed by atoms with E-state index < -0.39 is 41.7 Å². The summed E-state index contributed by atoms with van der Waals surface area (Å²) in [6.45, 7) is 2.27. The number of fused-ring (bicyclic) bond motifs is 1. The summed E-state index contributed by atoms with van der Waals surface area (Å²) in [7, 11) is 1.33. The third-order valence-corrected chi connectivity index (χ3v) is 8.83. The van der Waals surface area contributed by atoms with Gasteiger partial charge in [-0.1, -0.05) is 13.3 Å². The van der Waals surface area contributed by atoms with Gasteiger partial charge in [0.1, 0.15) is 12.1 Å². The fourth-order valence-electron chi connectivity index (χ4n) is 6.30. The number of guanidine groups is 1. The minimum absolute atomic E-state index is 0.0377. The number of aldehydes is 1. The third kappa shape index (κ3) is 10.2. The second-order valence-electron chi connectivity index (χ2n) is 12.8. The molecule has 1 aliphatic carbocycles. The molecule has 0 bridgehead atoms. The summed E-state index contributed by atoms with van der Waals surface area (Å²) >= 11 is 0. The summed E-state index contributed by atoms with van der Waals surface area (Å²) in [6.07, 6.45) is -3.70. The Kier molecular flexibility index (Phi) is 12.5. The van der Waals surface area contributed by atoms with E-state index in [0.717, 1.165) is 62.1 Å². The number of rotatable bonds is 13. The number of halogens is 8. The number of nitrogens with zero attached hydrogens (tertiary/aromatic N) is 5. The first-order chi connectivity index (χ1) is 23.5. The maximum Gasteiger partial charge on any atom is 0.416 e. The number of benzene rings is 2. The van der Waals surface area contributed by atoms with E-state index in [1.54, 1.807) is 6.07 Å². The van der Waals surface area contributed by atoms with E-state index in [2.05, 4.69) is 5.10 Å². The van der Waals surface area contributed by atoms with E-state index in [-0.39, 0.29) is 41.0 Å². The number of hydrogen-bond donors (Lipinski definition) is 2. The van der Waals surface area contributed by atoms with Crippen molar-refractivity contribution in [2.45, 2.75) is 77.3 Å². The highest BCUT2D eigenvalue weighted by Crippen LogP contribution is 2.37. The van der Waals surface area contributed by atoms with E-state index in [4.69, 9.17) is 16.6 Å². The number of hydrogen-bond acceptors (Lipinski definition) is 6. The molecule has 0 radical (unpaired) electrons. The lowest BCUT2D eigenvalue weighted by atomic mass is 9.80. The Hall–Kier alpha value is -4.21. The van der Waals surface area contributed by atoms with Gasteiger partial charge in [0, 0.05) is 56.7 Å². The number of unbranched alkanes of at least 4 members (excludes halogenated alkanes) is 1. The van der Waals surface area contributed by atoms with E-state index in [1.807, 2.05) is 11.8 Å². The van der Waals surface area contributed by atoms with Crippen molar-refractivity contribution < 1.29 is 39.9 Å². The Morgan fingerprint density at radius 3 is 2.08 bits per heavy atom. The molecule has 1 aromatic heterocycles. The van der Waals surface area contributed by atoms with Crippen molar-refractivity contribution in [2.75, 3.05) is 25.0 Å². The summed E-state index contributed by atoms with van der Waals surface area (Å²) in [6, 6.07) is 4.74. The molecule has 1 heterocycles. The van der Waals surface area contributed by atoms with Gasteiger partial charge < -0.3 is 20.3 Å². The first-order valence-corrected chi connectivity index (χ1v) is 16.3. The molecule has 0 spiro atoms. The quantitative estimate of drug-likeness (QED) is 0.0470. The number of hydrazone groups is 1. The number of pyridine rings is 1. The molecule has 3 aromatic rings. The summed E-state index contributed by atoms with van der Waals surface area (Å²) < 4.78 is 111. The topological polar surface area (TPSA) is 104 Å². The normalized spacial score (nSPS) is 17.2. The van der Waals surface area contributed by atoms with Gasteiger partial charge in [-0.05, 0) is 79.8 Å². The highest BCUT2D eigenvalue weighted by Gasteiger charge is 2.37. The van der Waals surface area contributed by atoms with Crippen molar-refractivity contribution in [3.63, 3.8) is 0 Å². The molecule has 1 fully saturated rings. The zero-order chi connectivity index (χ0) is 36.8. The van der Waals surface area contributed by atoms with Crippen LogP contribution in [0.3, 0.4) is 0 Å². The predicted molar refractivity (Wildman–Crippen MR) is 174 cm³/mol. The largest absolute Gasteiger partial charge is 0.416 e. The molecule has 2 aromatic carbocycles. The van der Waals surface area contributed by atoms with Crippen molar-refractivity contribution in [3.05, 3.63) is 70.3 Å². The Morgan fingerprint density at radius 2 is 1.52 bits per heavy atom. The van der Waals surface area contributed by atoms with Crippen LogP contribution in [0.25, 0.3) is 10.9 Å². The van der Waals surface area contributed by atoms with Crippen LogP contribution >= 0.6 is 0 Å². The highest BCUT2D eigenvalue weighted by molar-refractivity contribution is 5.83. The number of hydrazine groups is 1. The van der Waals surface area contributed by atoms with Gasteiger partial charge in [-0.3, -0.25) is 0 Å². The average Bonchev–Trinajstić information content (AvgIpc) is 3.03. The van der Waals surface area contributed by atoms with Crippen LogP contribution in [0.15, 0.2) is 41.5 Å². The minimum atomic E-state index is -5.07. The number of carbonyl (C=O) groups is 1. The Bertz CT molecular complexity index is 1620. The zero-order valence-corrected chi connectivity index (χ0v) is 27.8. The standard InChI is InChI=1S/C34H41F8N7O/c1-3-4-10-48(18-22-7-5-21(6-8-22)9-11-50)31-25(14-24-15-28(35)29(36)17-30(24)45-31)20-49(32(43)46-47(2)44)19-23-12-26(33(37,38)39)16-27(13-23)34(40,41)42/h11-17,21-22H,3-10,18-20,44H2,1-2H3,(H2,43,46). The highest BCUT2D eigenvalue weighted by atomic mass is 19.4. The van der Waals surface area contributed by atoms with Gasteiger partial charge in [0.15, 0.2) is 11.6 Å². The van der Waals surface area contributed by atoms with Crippen LogP contribution < -0.4 is 16.5 Å². The van der Waals surface area contributed by atoms with Crippen molar-refractivity contribution in [2.24, 2.45) is 28.5 Å². The summed E-state index contributed by atoms with van der Waals surface area (Å²) in [5.41, 5.74) is 3.46. The molecule has 16 heteroatoms. The molecule has 1 aliphatic rings. The Labute approximate surface area is 285 Å². The molecule has 0 aliphatic heterocycles. The molecule has 8 nitrogen and oxygen atoms in total. The fraction of sp³-hybridized carbons (Fsp3) is 0.500. The molecule has 0 amide bonds. The maximum atomic E-state index is 14.4. The lowest BCUT2D eigenvalue weighted by Gasteiger charge is -2.35. The maximum absolute atomic E-state index is 14.4. The molecule has 0 unspecified atom stereocenters. The van der Waals surface area contributed by atoms with Gasteiger partial charge in [-0.25, -0.2) is 24.7 Å². The lowest BCUT2D eigenvalue weighted by molar-refractivity contribution is -0.143. The lowest BCUT2D eigenvalue weighted by Crippen LogP contribution is -2.40. The monoisotopic (exact) mass is 715 g/mol. The van der Waals surface area contributed by atoms with E-state index in [9.17, 15) is 39.9 Å². The number of anilines is 1. The molecule has 4 N–H and O–H groups in total. The van der Waals surface area contributed by atoms with Crippen molar-refractivity contribution >= 4 is 29.0 Å². The smallest absolute Gasteiger partial charge is 0.368 e. The second-order valence-corrected chi connectivity index (χ2v) is 12.8. The first-order valence-electron chi connectivity index (χ1n) is 16.3. The van der Waals surface area contributed by atoms with Crippen LogP contribution in [0.5, 0.6) is 0 Å². The molecular formula is C34H41F8N7O. The second kappa shape index (κ2) is 16.2. The number of aromatic nitrogens is 1. The Morgan fingerprint density at radius 1 is 0.920 bits per heavy atom. The summed E-state index contributed by atoms with van der Waals surface area (Å²) in [5.74, 6) is 4.03. The van der Waals surface area contributed by atoms with E-state index in [1.165, 1.54) is 11.9 Å². The number of nitrogens with two attached hydrogens (primary N) is 2.